The summed E-state index contributed by atoms with van der Waals surface area (Å²) in [6.07, 6.45) is 1.90. The number of anilines is 3. The number of rotatable bonds is 8. The lowest BCUT2D eigenvalue weighted by molar-refractivity contribution is 0.0991. The number of hydrogen-bond acceptors (Lipinski definition) is 4. The van der Waals surface area contributed by atoms with Gasteiger partial charge in [0.2, 0.25) is 0 Å². The molecule has 0 spiro atoms. The average Bonchev–Trinajstić information content (AvgIpc) is 3.16. The van der Waals surface area contributed by atoms with Crippen LogP contribution in [-0.4, -0.2) is 26.8 Å². The van der Waals surface area contributed by atoms with E-state index in [1.54, 1.807) is 48.5 Å². The van der Waals surface area contributed by atoms with Gasteiger partial charge in [-0.2, -0.15) is 0 Å². The van der Waals surface area contributed by atoms with E-state index in [0.717, 1.165) is 34.9 Å². The molecule has 0 aliphatic carbocycles. The zero-order valence-corrected chi connectivity index (χ0v) is 21.4. The summed E-state index contributed by atoms with van der Waals surface area (Å²) in [5.41, 5.74) is 3.82. The lowest BCUT2D eigenvalue weighted by Crippen LogP contribution is -2.27. The van der Waals surface area contributed by atoms with Crippen LogP contribution >= 0.6 is 0 Å². The van der Waals surface area contributed by atoms with Crippen molar-refractivity contribution < 1.29 is 18.0 Å². The highest BCUT2D eigenvalue weighted by atomic mass is 32.2. The molecular weight excluding hydrogens is 486 g/mol. The number of benzene rings is 4. The van der Waals surface area contributed by atoms with Gasteiger partial charge in [0.05, 0.1) is 10.6 Å². The van der Waals surface area contributed by atoms with Crippen molar-refractivity contribution in [2.24, 2.45) is 0 Å². The largest absolute Gasteiger partial charge is 0.321 e. The monoisotopic (exact) mass is 513 g/mol. The van der Waals surface area contributed by atoms with Gasteiger partial charge in [-0.1, -0.05) is 43.2 Å². The standard InChI is InChI=1S/C29H27N3O4S/c1-3-4-18-32-26-17-16-25(23-6-5-7-24(27(23)26)29(32)34)30-28(33)20-10-12-21(13-11-20)31-37(35,36)22-14-8-19(2)9-15-22/h5-17,31H,3-4,18H2,1-2H3,(H,30,33). The van der Waals surface area contributed by atoms with Gasteiger partial charge in [0.25, 0.3) is 21.8 Å². The molecule has 37 heavy (non-hydrogen) atoms. The third-order valence-electron chi connectivity index (χ3n) is 6.50. The van der Waals surface area contributed by atoms with E-state index >= 15 is 0 Å². The number of carbonyl (C=O) groups is 2. The van der Waals surface area contributed by atoms with Crippen LogP contribution in [0.1, 0.15) is 46.0 Å². The van der Waals surface area contributed by atoms with Crippen molar-refractivity contribution in [1.82, 2.24) is 0 Å². The first kappa shape index (κ1) is 24.5. The molecule has 0 radical (unpaired) electrons. The Kier molecular flexibility index (Phi) is 6.43. The van der Waals surface area contributed by atoms with Crippen LogP contribution in [0.15, 0.2) is 83.8 Å². The summed E-state index contributed by atoms with van der Waals surface area (Å²) in [6, 6.07) is 22.1. The third kappa shape index (κ3) is 4.68. The summed E-state index contributed by atoms with van der Waals surface area (Å²) in [4.78, 5) is 28.0. The molecule has 1 aliphatic rings. The molecule has 0 fully saturated rings. The maximum Gasteiger partial charge on any atom is 0.261 e. The van der Waals surface area contributed by atoms with Crippen molar-refractivity contribution in [3.05, 3.63) is 95.6 Å². The minimum Gasteiger partial charge on any atom is -0.321 e. The van der Waals surface area contributed by atoms with Gasteiger partial charge in [-0.15, -0.1) is 0 Å². The fourth-order valence-corrected chi connectivity index (χ4v) is 5.57. The predicted molar refractivity (Wildman–Crippen MR) is 147 cm³/mol. The van der Waals surface area contributed by atoms with Crippen molar-refractivity contribution in [3.8, 4) is 0 Å². The number of nitrogens with zero attached hydrogens (tertiary/aromatic N) is 1. The first-order chi connectivity index (χ1) is 17.8. The van der Waals surface area contributed by atoms with E-state index in [1.165, 1.54) is 0 Å². The highest BCUT2D eigenvalue weighted by Crippen LogP contribution is 2.40. The normalized spacial score (nSPS) is 12.7. The van der Waals surface area contributed by atoms with Crippen molar-refractivity contribution in [2.45, 2.75) is 31.6 Å². The van der Waals surface area contributed by atoms with Gasteiger partial charge in [-0.25, -0.2) is 8.42 Å². The van der Waals surface area contributed by atoms with Crippen molar-refractivity contribution in [3.63, 3.8) is 0 Å². The van der Waals surface area contributed by atoms with Gasteiger partial charge in [0.1, 0.15) is 0 Å². The zero-order chi connectivity index (χ0) is 26.2. The Morgan fingerprint density at radius 2 is 1.65 bits per heavy atom. The molecule has 0 unspecified atom stereocenters. The van der Waals surface area contributed by atoms with Gasteiger partial charge < -0.3 is 10.2 Å². The Morgan fingerprint density at radius 3 is 2.35 bits per heavy atom. The van der Waals surface area contributed by atoms with E-state index in [4.69, 9.17) is 0 Å². The van der Waals surface area contributed by atoms with E-state index < -0.39 is 10.0 Å². The summed E-state index contributed by atoms with van der Waals surface area (Å²) in [5.74, 6) is -0.345. The van der Waals surface area contributed by atoms with Crippen LogP contribution in [0.5, 0.6) is 0 Å². The number of nitrogens with one attached hydrogen (secondary N) is 2. The molecule has 5 rings (SSSR count). The average molecular weight is 514 g/mol. The van der Waals surface area contributed by atoms with Crippen molar-refractivity contribution in [2.75, 3.05) is 21.5 Å². The molecular formula is C29H27N3O4S. The lowest BCUT2D eigenvalue weighted by atomic mass is 10.0. The zero-order valence-electron chi connectivity index (χ0n) is 20.6. The fraction of sp³-hybridized carbons (Fsp3) is 0.172. The summed E-state index contributed by atoms with van der Waals surface area (Å²) < 4.78 is 27.8. The van der Waals surface area contributed by atoms with Gasteiger partial charge in [-0.05, 0) is 67.9 Å². The van der Waals surface area contributed by atoms with E-state index in [0.29, 0.717) is 29.0 Å². The van der Waals surface area contributed by atoms with E-state index in [1.807, 2.05) is 42.2 Å². The second-order valence-corrected chi connectivity index (χ2v) is 10.8. The molecule has 1 aliphatic heterocycles. The van der Waals surface area contributed by atoms with Gasteiger partial charge in [0, 0.05) is 39.8 Å². The van der Waals surface area contributed by atoms with Crippen LogP contribution in [0.25, 0.3) is 10.8 Å². The molecule has 0 aromatic heterocycles. The van der Waals surface area contributed by atoms with Gasteiger partial charge >= 0.3 is 0 Å². The predicted octanol–water partition coefficient (Wildman–Crippen LogP) is 5.96. The highest BCUT2D eigenvalue weighted by Gasteiger charge is 2.30. The number of unbranched alkanes of at least 4 members (excludes halogenated alkanes) is 1. The Bertz CT molecular complexity index is 1610. The van der Waals surface area contributed by atoms with Gasteiger partial charge in [-0.3, -0.25) is 14.3 Å². The second kappa shape index (κ2) is 9.71. The van der Waals surface area contributed by atoms with Crippen molar-refractivity contribution >= 4 is 49.7 Å². The molecule has 0 atom stereocenters. The Morgan fingerprint density at radius 1 is 0.919 bits per heavy atom. The molecule has 188 valence electrons. The number of aryl methyl sites for hydroxylation is 1. The Labute approximate surface area is 216 Å². The molecule has 2 amide bonds. The van der Waals surface area contributed by atoms with E-state index in [2.05, 4.69) is 17.0 Å². The Hall–Kier alpha value is -4.17. The van der Waals surface area contributed by atoms with Crippen LogP contribution in [0.4, 0.5) is 17.1 Å². The molecule has 7 nitrogen and oxygen atoms in total. The summed E-state index contributed by atoms with van der Waals surface area (Å²) >= 11 is 0. The number of sulfonamides is 1. The molecule has 8 heteroatoms. The van der Waals surface area contributed by atoms with E-state index in [-0.39, 0.29) is 16.7 Å². The third-order valence-corrected chi connectivity index (χ3v) is 7.90. The molecule has 4 aromatic carbocycles. The van der Waals surface area contributed by atoms with Crippen LogP contribution in [0.2, 0.25) is 0 Å². The van der Waals surface area contributed by atoms with Crippen LogP contribution in [0.3, 0.4) is 0 Å². The van der Waals surface area contributed by atoms with Crippen LogP contribution in [0, 0.1) is 6.92 Å². The maximum atomic E-state index is 13.0. The molecule has 0 saturated carbocycles. The van der Waals surface area contributed by atoms with E-state index in [9.17, 15) is 18.0 Å². The van der Waals surface area contributed by atoms with Crippen LogP contribution < -0.4 is 14.9 Å². The maximum absolute atomic E-state index is 13.0. The second-order valence-electron chi connectivity index (χ2n) is 9.12. The minimum atomic E-state index is -3.74. The highest BCUT2D eigenvalue weighted by molar-refractivity contribution is 7.92. The first-order valence-corrected chi connectivity index (χ1v) is 13.7. The molecule has 2 N–H and O–H groups in total. The summed E-state index contributed by atoms with van der Waals surface area (Å²) in [7, 11) is -3.74. The first-order valence-electron chi connectivity index (χ1n) is 12.2. The number of carbonyl (C=O) groups excluding carboxylic acids is 2. The minimum absolute atomic E-state index is 0.0128. The molecule has 1 heterocycles. The lowest BCUT2D eigenvalue weighted by Gasteiger charge is -2.17. The van der Waals surface area contributed by atoms with Crippen LogP contribution in [-0.2, 0) is 10.0 Å². The number of hydrogen-bond donors (Lipinski definition) is 2. The summed E-state index contributed by atoms with van der Waals surface area (Å²) in [6.45, 7) is 4.64. The summed E-state index contributed by atoms with van der Waals surface area (Å²) in [5, 5.41) is 4.60. The van der Waals surface area contributed by atoms with Gasteiger partial charge in [0.15, 0.2) is 0 Å². The smallest absolute Gasteiger partial charge is 0.261 e. The molecule has 4 aromatic rings. The fourth-order valence-electron chi connectivity index (χ4n) is 4.51. The Balaban J connectivity index is 1.35. The SMILES string of the molecule is CCCCN1C(=O)c2cccc3c(NC(=O)c4ccc(NS(=O)(=O)c5ccc(C)cc5)cc4)ccc1c23. The topological polar surface area (TPSA) is 95.6 Å². The van der Waals surface area contributed by atoms with Crippen molar-refractivity contribution in [1.29, 1.82) is 0 Å². The molecule has 0 saturated heterocycles. The number of amides is 2. The molecule has 0 bridgehead atoms. The quantitative estimate of drug-likeness (QED) is 0.304.